The van der Waals surface area contributed by atoms with Crippen molar-refractivity contribution in [2.45, 2.75) is 36.9 Å². The molecule has 1 saturated heterocycles. The molecule has 2 aromatic rings. The van der Waals surface area contributed by atoms with E-state index in [4.69, 9.17) is 4.74 Å². The molecule has 2 aliphatic rings. The lowest BCUT2D eigenvalue weighted by Gasteiger charge is -2.39. The van der Waals surface area contributed by atoms with Crippen LogP contribution in [-0.2, 0) is 12.0 Å². The Hall–Kier alpha value is -1.88. The number of nitrogens with one attached hydrogen (secondary N) is 2. The molecule has 3 N–H and O–H groups in total. The van der Waals surface area contributed by atoms with E-state index in [9.17, 15) is 5.11 Å². The van der Waals surface area contributed by atoms with E-state index in [0.717, 1.165) is 37.2 Å². The fourth-order valence-corrected chi connectivity index (χ4v) is 4.60. The molecule has 4 heteroatoms. The Bertz CT molecular complexity index is 740. The highest BCUT2D eigenvalue weighted by Gasteiger charge is 2.51. The van der Waals surface area contributed by atoms with Gasteiger partial charge in [0, 0.05) is 17.5 Å². The largest absolute Gasteiger partial charge is 0.496 e. The lowest BCUT2D eigenvalue weighted by molar-refractivity contribution is 0.0438. The highest BCUT2D eigenvalue weighted by Crippen LogP contribution is 2.50. The van der Waals surface area contributed by atoms with Crippen molar-refractivity contribution in [3.63, 3.8) is 0 Å². The summed E-state index contributed by atoms with van der Waals surface area (Å²) in [7, 11) is 1.70. The molecule has 2 aromatic carbocycles. The van der Waals surface area contributed by atoms with Gasteiger partial charge in [0.2, 0.25) is 0 Å². The third-order valence-electron chi connectivity index (χ3n) is 5.91. The molecule has 4 nitrogen and oxygen atoms in total. The van der Waals surface area contributed by atoms with Gasteiger partial charge in [-0.1, -0.05) is 42.5 Å². The van der Waals surface area contributed by atoms with Crippen molar-refractivity contribution in [3.8, 4) is 5.75 Å². The standard InChI is InChI=1S/C21H26N2O2/c1-25-18-9-5-2-6-15(18)14-23-19-16-7-3-4-8-17(16)21(20(19)24)10-12-22-13-11-21/h2-9,19-20,22-24H,10-14H2,1H3/t19-,20+/m0/s1. The zero-order valence-electron chi connectivity index (χ0n) is 14.7. The maximum absolute atomic E-state index is 11.3. The summed E-state index contributed by atoms with van der Waals surface area (Å²) in [5, 5.41) is 18.3. The van der Waals surface area contributed by atoms with Crippen LogP contribution in [0.15, 0.2) is 48.5 Å². The molecule has 1 aliphatic heterocycles. The lowest BCUT2D eigenvalue weighted by atomic mass is 9.72. The molecular formula is C21H26N2O2. The summed E-state index contributed by atoms with van der Waals surface area (Å²) in [5.74, 6) is 0.882. The van der Waals surface area contributed by atoms with E-state index in [1.165, 1.54) is 11.1 Å². The van der Waals surface area contributed by atoms with Crippen LogP contribution < -0.4 is 15.4 Å². The number of hydrogen-bond donors (Lipinski definition) is 3. The van der Waals surface area contributed by atoms with E-state index >= 15 is 0 Å². The zero-order chi connectivity index (χ0) is 17.3. The first-order valence-electron chi connectivity index (χ1n) is 9.10. The van der Waals surface area contributed by atoms with Crippen LogP contribution in [0, 0.1) is 0 Å². The Morgan fingerprint density at radius 1 is 1.12 bits per heavy atom. The Balaban J connectivity index is 1.62. The van der Waals surface area contributed by atoms with Crippen LogP contribution in [0.25, 0.3) is 0 Å². The summed E-state index contributed by atoms with van der Waals surface area (Å²) >= 11 is 0. The van der Waals surface area contributed by atoms with Crippen LogP contribution in [0.4, 0.5) is 0 Å². The SMILES string of the molecule is COc1ccccc1CN[C@H]1c2ccccc2C2(CCNCC2)[C@@H]1O. The number of methoxy groups -OCH3 is 1. The van der Waals surface area contributed by atoms with Gasteiger partial charge in [0.1, 0.15) is 5.75 Å². The molecule has 1 spiro atoms. The molecule has 0 radical (unpaired) electrons. The van der Waals surface area contributed by atoms with Crippen LogP contribution in [-0.4, -0.2) is 31.4 Å². The summed E-state index contributed by atoms with van der Waals surface area (Å²) in [6.45, 7) is 2.60. The van der Waals surface area contributed by atoms with Gasteiger partial charge in [-0.05, 0) is 43.1 Å². The second-order valence-corrected chi connectivity index (χ2v) is 7.11. The fourth-order valence-electron chi connectivity index (χ4n) is 4.60. The summed E-state index contributed by atoms with van der Waals surface area (Å²) in [6.07, 6.45) is 1.57. The van der Waals surface area contributed by atoms with E-state index in [2.05, 4.69) is 41.0 Å². The minimum absolute atomic E-state index is 0.0424. The normalized spacial score (nSPS) is 24.2. The highest BCUT2D eigenvalue weighted by molar-refractivity contribution is 5.45. The summed E-state index contributed by atoms with van der Waals surface area (Å²) in [4.78, 5) is 0. The van der Waals surface area contributed by atoms with Crippen molar-refractivity contribution in [3.05, 3.63) is 65.2 Å². The Labute approximate surface area is 149 Å². The number of ether oxygens (including phenoxy) is 1. The molecule has 132 valence electrons. The van der Waals surface area contributed by atoms with Gasteiger partial charge in [-0.3, -0.25) is 0 Å². The van der Waals surface area contributed by atoms with Crippen molar-refractivity contribution in [2.75, 3.05) is 20.2 Å². The number of aliphatic hydroxyl groups excluding tert-OH is 1. The molecular weight excluding hydrogens is 312 g/mol. The quantitative estimate of drug-likeness (QED) is 0.802. The minimum atomic E-state index is -0.401. The Morgan fingerprint density at radius 2 is 1.84 bits per heavy atom. The first kappa shape index (κ1) is 16.6. The minimum Gasteiger partial charge on any atom is -0.496 e. The van der Waals surface area contributed by atoms with Crippen LogP contribution in [0.1, 0.15) is 35.6 Å². The number of piperidine rings is 1. The molecule has 0 bridgehead atoms. The summed E-state index contributed by atoms with van der Waals surface area (Å²) in [6, 6.07) is 16.5. The Kier molecular flexibility index (Phi) is 4.50. The van der Waals surface area contributed by atoms with Gasteiger partial charge >= 0.3 is 0 Å². The molecule has 0 amide bonds. The maximum Gasteiger partial charge on any atom is 0.123 e. The molecule has 25 heavy (non-hydrogen) atoms. The summed E-state index contributed by atoms with van der Waals surface area (Å²) < 4.78 is 5.46. The van der Waals surface area contributed by atoms with Gasteiger partial charge < -0.3 is 20.5 Å². The first-order valence-corrected chi connectivity index (χ1v) is 9.10. The van der Waals surface area contributed by atoms with E-state index < -0.39 is 6.10 Å². The first-order chi connectivity index (χ1) is 12.3. The molecule has 2 atom stereocenters. The third kappa shape index (κ3) is 2.74. The Morgan fingerprint density at radius 3 is 2.64 bits per heavy atom. The topological polar surface area (TPSA) is 53.5 Å². The van der Waals surface area contributed by atoms with Crippen LogP contribution in [0.5, 0.6) is 5.75 Å². The zero-order valence-corrected chi connectivity index (χ0v) is 14.7. The van der Waals surface area contributed by atoms with Crippen molar-refractivity contribution >= 4 is 0 Å². The predicted octanol–water partition coefficient (Wildman–Crippen LogP) is 2.52. The van der Waals surface area contributed by atoms with Gasteiger partial charge in [0.15, 0.2) is 0 Å². The fraction of sp³-hybridized carbons (Fsp3) is 0.429. The lowest BCUT2D eigenvalue weighted by Crippen LogP contribution is -2.47. The van der Waals surface area contributed by atoms with Crippen molar-refractivity contribution in [1.82, 2.24) is 10.6 Å². The van der Waals surface area contributed by atoms with Crippen LogP contribution in [0.2, 0.25) is 0 Å². The molecule has 4 rings (SSSR count). The van der Waals surface area contributed by atoms with Gasteiger partial charge in [-0.2, -0.15) is 0 Å². The van der Waals surface area contributed by atoms with Crippen molar-refractivity contribution < 1.29 is 9.84 Å². The maximum atomic E-state index is 11.3. The molecule has 0 saturated carbocycles. The molecule has 1 fully saturated rings. The van der Waals surface area contributed by atoms with Gasteiger partial charge in [-0.25, -0.2) is 0 Å². The average molecular weight is 338 g/mol. The highest BCUT2D eigenvalue weighted by atomic mass is 16.5. The van der Waals surface area contributed by atoms with Gasteiger partial charge in [-0.15, -0.1) is 0 Å². The smallest absolute Gasteiger partial charge is 0.123 e. The van der Waals surface area contributed by atoms with Crippen molar-refractivity contribution in [1.29, 1.82) is 0 Å². The molecule has 0 unspecified atom stereocenters. The van der Waals surface area contributed by atoms with Crippen molar-refractivity contribution in [2.24, 2.45) is 0 Å². The van der Waals surface area contributed by atoms with Crippen LogP contribution in [0.3, 0.4) is 0 Å². The predicted molar refractivity (Wildman–Crippen MR) is 98.8 cm³/mol. The second kappa shape index (κ2) is 6.79. The molecule has 1 aliphatic carbocycles. The second-order valence-electron chi connectivity index (χ2n) is 7.11. The van der Waals surface area contributed by atoms with E-state index in [1.54, 1.807) is 7.11 Å². The van der Waals surface area contributed by atoms with E-state index in [-0.39, 0.29) is 11.5 Å². The molecule has 1 heterocycles. The van der Waals surface area contributed by atoms with Gasteiger partial charge in [0.25, 0.3) is 0 Å². The number of para-hydroxylation sites is 1. The number of aliphatic hydroxyl groups is 1. The van der Waals surface area contributed by atoms with E-state index in [1.807, 2.05) is 18.2 Å². The number of rotatable bonds is 4. The monoisotopic (exact) mass is 338 g/mol. The number of hydrogen-bond acceptors (Lipinski definition) is 4. The number of fused-ring (bicyclic) bond motifs is 2. The van der Waals surface area contributed by atoms with Crippen LogP contribution >= 0.6 is 0 Å². The third-order valence-corrected chi connectivity index (χ3v) is 5.91. The molecule has 0 aromatic heterocycles. The van der Waals surface area contributed by atoms with Gasteiger partial charge in [0.05, 0.1) is 19.3 Å². The van der Waals surface area contributed by atoms with E-state index in [0.29, 0.717) is 6.54 Å². The average Bonchev–Trinajstić information content (AvgIpc) is 2.89. The number of benzene rings is 2. The summed E-state index contributed by atoms with van der Waals surface area (Å²) in [5.41, 5.74) is 3.55.